The first kappa shape index (κ1) is 9.31. The van der Waals surface area contributed by atoms with Crippen molar-refractivity contribution < 1.29 is 0 Å². The Morgan fingerprint density at radius 1 is 1.08 bits per heavy atom. The zero-order chi connectivity index (χ0) is 9.14. The predicted octanol–water partition coefficient (Wildman–Crippen LogP) is 3.46. The largest absolute Gasteiger partial charge is 0.0591 e. The molecule has 0 heterocycles. The Hall–Kier alpha value is -0.780. The van der Waals surface area contributed by atoms with Gasteiger partial charge in [0, 0.05) is 0 Å². The average Bonchev–Trinajstić information content (AvgIpc) is 1.96. The molecule has 0 spiro atoms. The first-order valence-electron chi connectivity index (χ1n) is 4.45. The lowest BCUT2D eigenvalue weighted by Crippen LogP contribution is -1.93. The standard InChI is InChI=1S/C12H17/c1-9(2)7-12-6-5-10(3)11(4)8-12/h5-6,8H,7H2,1-4H3. The smallest absolute Gasteiger partial charge is 0.0222 e. The number of rotatable bonds is 2. The van der Waals surface area contributed by atoms with Gasteiger partial charge in [-0.3, -0.25) is 0 Å². The van der Waals surface area contributed by atoms with Crippen molar-refractivity contribution in [1.29, 1.82) is 0 Å². The molecule has 0 unspecified atom stereocenters. The third-order valence-electron chi connectivity index (χ3n) is 2.13. The molecule has 0 heteroatoms. The first-order valence-corrected chi connectivity index (χ1v) is 4.45. The summed E-state index contributed by atoms with van der Waals surface area (Å²) in [5.41, 5.74) is 4.21. The van der Waals surface area contributed by atoms with Crippen molar-refractivity contribution in [3.63, 3.8) is 0 Å². The van der Waals surface area contributed by atoms with Crippen molar-refractivity contribution in [3.05, 3.63) is 40.8 Å². The third-order valence-corrected chi connectivity index (χ3v) is 2.13. The van der Waals surface area contributed by atoms with Crippen LogP contribution in [0.3, 0.4) is 0 Å². The van der Waals surface area contributed by atoms with Crippen LogP contribution in [0.25, 0.3) is 0 Å². The molecule has 1 radical (unpaired) electrons. The molecule has 0 aliphatic rings. The van der Waals surface area contributed by atoms with Crippen LogP contribution in [-0.2, 0) is 6.42 Å². The molecule has 0 nitrogen and oxygen atoms in total. The van der Waals surface area contributed by atoms with Gasteiger partial charge in [0.25, 0.3) is 0 Å². The molecule has 0 fully saturated rings. The number of aryl methyl sites for hydroxylation is 2. The minimum Gasteiger partial charge on any atom is -0.0591 e. The SMILES string of the molecule is C[C](C)Cc1ccc(C)c(C)c1. The van der Waals surface area contributed by atoms with E-state index in [1.807, 2.05) is 0 Å². The molecule has 0 N–H and O–H groups in total. The summed E-state index contributed by atoms with van der Waals surface area (Å²) < 4.78 is 0. The Balaban J connectivity index is 2.82. The van der Waals surface area contributed by atoms with E-state index in [4.69, 9.17) is 0 Å². The van der Waals surface area contributed by atoms with Crippen LogP contribution in [0.4, 0.5) is 0 Å². The molecule has 0 aliphatic carbocycles. The third kappa shape index (κ3) is 2.37. The minimum absolute atomic E-state index is 1.11. The Kier molecular flexibility index (Phi) is 2.91. The van der Waals surface area contributed by atoms with Gasteiger partial charge < -0.3 is 0 Å². The maximum Gasteiger partial charge on any atom is -0.0222 e. The van der Waals surface area contributed by atoms with Crippen molar-refractivity contribution >= 4 is 0 Å². The van der Waals surface area contributed by atoms with Gasteiger partial charge in [-0.25, -0.2) is 0 Å². The van der Waals surface area contributed by atoms with E-state index in [1.54, 1.807) is 0 Å². The van der Waals surface area contributed by atoms with Crippen molar-refractivity contribution in [2.24, 2.45) is 0 Å². The van der Waals surface area contributed by atoms with Crippen LogP contribution < -0.4 is 0 Å². The van der Waals surface area contributed by atoms with Gasteiger partial charge >= 0.3 is 0 Å². The zero-order valence-corrected chi connectivity index (χ0v) is 8.44. The number of hydrogen-bond donors (Lipinski definition) is 0. The van der Waals surface area contributed by atoms with Crippen molar-refractivity contribution in [2.75, 3.05) is 0 Å². The van der Waals surface area contributed by atoms with Gasteiger partial charge in [-0.1, -0.05) is 32.0 Å². The maximum atomic E-state index is 2.28. The summed E-state index contributed by atoms with van der Waals surface area (Å²) in [6.45, 7) is 8.68. The highest BCUT2D eigenvalue weighted by Crippen LogP contribution is 2.13. The molecule has 0 aromatic heterocycles. The predicted molar refractivity (Wildman–Crippen MR) is 54.2 cm³/mol. The Morgan fingerprint density at radius 2 is 1.75 bits per heavy atom. The molecule has 1 rings (SSSR count). The molecule has 0 aliphatic heterocycles. The fourth-order valence-corrected chi connectivity index (χ4v) is 1.32. The van der Waals surface area contributed by atoms with E-state index < -0.39 is 0 Å². The van der Waals surface area contributed by atoms with Gasteiger partial charge in [-0.2, -0.15) is 0 Å². The lowest BCUT2D eigenvalue weighted by atomic mass is 9.99. The molecule has 0 bridgehead atoms. The van der Waals surface area contributed by atoms with E-state index in [0.717, 1.165) is 6.42 Å². The molecule has 0 saturated carbocycles. The molecule has 0 saturated heterocycles. The number of benzene rings is 1. The minimum atomic E-state index is 1.11. The summed E-state index contributed by atoms with van der Waals surface area (Å²) in [6.07, 6.45) is 1.11. The molecule has 0 amide bonds. The fraction of sp³-hybridized carbons (Fsp3) is 0.417. The lowest BCUT2D eigenvalue weighted by Gasteiger charge is -2.06. The highest BCUT2D eigenvalue weighted by molar-refractivity contribution is 5.31. The van der Waals surface area contributed by atoms with Crippen LogP contribution in [0.2, 0.25) is 0 Å². The van der Waals surface area contributed by atoms with E-state index in [2.05, 4.69) is 45.9 Å². The molecule has 12 heavy (non-hydrogen) atoms. The summed E-state index contributed by atoms with van der Waals surface area (Å²) in [5.74, 6) is 1.47. The summed E-state index contributed by atoms with van der Waals surface area (Å²) in [5, 5.41) is 0. The van der Waals surface area contributed by atoms with E-state index in [0.29, 0.717) is 0 Å². The van der Waals surface area contributed by atoms with E-state index in [1.165, 1.54) is 22.6 Å². The maximum absolute atomic E-state index is 2.28. The highest BCUT2D eigenvalue weighted by atomic mass is 14.0. The van der Waals surface area contributed by atoms with E-state index in [9.17, 15) is 0 Å². The van der Waals surface area contributed by atoms with Gasteiger partial charge in [0.05, 0.1) is 0 Å². The Labute approximate surface area is 75.6 Å². The van der Waals surface area contributed by atoms with Gasteiger partial charge in [0.2, 0.25) is 0 Å². The monoisotopic (exact) mass is 161 g/mol. The van der Waals surface area contributed by atoms with Gasteiger partial charge in [-0.05, 0) is 42.9 Å². The molecular weight excluding hydrogens is 144 g/mol. The Bertz CT molecular complexity index is 259. The van der Waals surface area contributed by atoms with Crippen LogP contribution in [0.1, 0.15) is 30.5 Å². The van der Waals surface area contributed by atoms with Crippen LogP contribution in [0.15, 0.2) is 18.2 Å². The summed E-state index contributed by atoms with van der Waals surface area (Å²) in [7, 11) is 0. The van der Waals surface area contributed by atoms with Gasteiger partial charge in [0.15, 0.2) is 0 Å². The normalized spacial score (nSPS) is 10.8. The second kappa shape index (κ2) is 3.75. The lowest BCUT2D eigenvalue weighted by molar-refractivity contribution is 0.954. The second-order valence-electron chi connectivity index (χ2n) is 3.80. The van der Waals surface area contributed by atoms with Crippen molar-refractivity contribution in [2.45, 2.75) is 34.1 Å². The van der Waals surface area contributed by atoms with E-state index >= 15 is 0 Å². The average molecular weight is 161 g/mol. The summed E-state index contributed by atoms with van der Waals surface area (Å²) >= 11 is 0. The molecule has 1 aromatic carbocycles. The topological polar surface area (TPSA) is 0 Å². The fourth-order valence-electron chi connectivity index (χ4n) is 1.32. The van der Waals surface area contributed by atoms with Gasteiger partial charge in [-0.15, -0.1) is 0 Å². The van der Waals surface area contributed by atoms with Crippen molar-refractivity contribution in [3.8, 4) is 0 Å². The summed E-state index contributed by atoms with van der Waals surface area (Å²) in [4.78, 5) is 0. The molecule has 65 valence electrons. The first-order chi connectivity index (χ1) is 5.59. The quantitative estimate of drug-likeness (QED) is 0.623. The van der Waals surface area contributed by atoms with Crippen LogP contribution in [0, 0.1) is 19.8 Å². The second-order valence-corrected chi connectivity index (χ2v) is 3.80. The number of hydrogen-bond acceptors (Lipinski definition) is 0. The highest BCUT2D eigenvalue weighted by Gasteiger charge is 1.99. The molecular formula is C12H17. The van der Waals surface area contributed by atoms with E-state index in [-0.39, 0.29) is 0 Å². The van der Waals surface area contributed by atoms with Crippen LogP contribution in [-0.4, -0.2) is 0 Å². The summed E-state index contributed by atoms with van der Waals surface area (Å²) in [6, 6.07) is 6.70. The molecule has 1 aromatic rings. The Morgan fingerprint density at radius 3 is 2.25 bits per heavy atom. The molecule has 0 atom stereocenters. The van der Waals surface area contributed by atoms with Gasteiger partial charge in [0.1, 0.15) is 0 Å². The van der Waals surface area contributed by atoms with Crippen LogP contribution in [0.5, 0.6) is 0 Å². The van der Waals surface area contributed by atoms with Crippen molar-refractivity contribution in [1.82, 2.24) is 0 Å². The van der Waals surface area contributed by atoms with Crippen LogP contribution >= 0.6 is 0 Å². The zero-order valence-electron chi connectivity index (χ0n) is 8.44.